The summed E-state index contributed by atoms with van der Waals surface area (Å²) in [5.74, 6) is 1.68. The van der Waals surface area contributed by atoms with Gasteiger partial charge < -0.3 is 20.7 Å². The first-order valence-corrected chi connectivity index (χ1v) is 9.82. The van der Waals surface area contributed by atoms with Crippen LogP contribution >= 0.6 is 24.0 Å². The van der Waals surface area contributed by atoms with Crippen LogP contribution in [0.5, 0.6) is 0 Å². The van der Waals surface area contributed by atoms with Crippen molar-refractivity contribution in [1.29, 1.82) is 0 Å². The first-order chi connectivity index (χ1) is 13.0. The number of carbonyl (C=O) groups is 1. The lowest BCUT2D eigenvalue weighted by Gasteiger charge is -2.20. The van der Waals surface area contributed by atoms with Crippen LogP contribution in [-0.2, 0) is 9.53 Å². The molecule has 0 bridgehead atoms. The summed E-state index contributed by atoms with van der Waals surface area (Å²) in [5, 5.41) is 9.19. The molecule has 1 rings (SSSR count). The van der Waals surface area contributed by atoms with Gasteiger partial charge in [-0.2, -0.15) is 0 Å². The number of hydrogen-bond acceptors (Lipinski definition) is 4. The van der Waals surface area contributed by atoms with Crippen LogP contribution in [0.4, 0.5) is 5.82 Å². The average molecular weight is 505 g/mol. The highest BCUT2D eigenvalue weighted by atomic mass is 127. The second kappa shape index (κ2) is 15.5. The molecule has 0 aliphatic heterocycles. The third-order valence-electron chi connectivity index (χ3n) is 3.98. The molecule has 1 amide bonds. The smallest absolute Gasteiger partial charge is 0.227 e. The lowest BCUT2D eigenvalue weighted by atomic mass is 10.0. The van der Waals surface area contributed by atoms with Crippen molar-refractivity contribution in [2.24, 2.45) is 10.9 Å². The van der Waals surface area contributed by atoms with Gasteiger partial charge in [-0.1, -0.05) is 19.9 Å². The number of pyridine rings is 1. The molecule has 28 heavy (non-hydrogen) atoms. The topological polar surface area (TPSA) is 87.6 Å². The summed E-state index contributed by atoms with van der Waals surface area (Å²) in [6.45, 7) is 13.0. The number of aryl methyl sites for hydroxylation is 1. The van der Waals surface area contributed by atoms with Crippen LogP contribution in [0.2, 0.25) is 0 Å². The van der Waals surface area contributed by atoms with E-state index >= 15 is 0 Å². The zero-order valence-electron chi connectivity index (χ0n) is 17.7. The molecule has 3 N–H and O–H groups in total. The van der Waals surface area contributed by atoms with Crippen LogP contribution in [0, 0.1) is 12.8 Å². The molecule has 0 saturated carbocycles. The van der Waals surface area contributed by atoms with E-state index in [1.165, 1.54) is 0 Å². The largest absolute Gasteiger partial charge is 0.378 e. The number of nitrogens with zero attached hydrogens (tertiary/aromatic N) is 2. The van der Waals surface area contributed by atoms with Crippen molar-refractivity contribution in [2.75, 3.05) is 31.6 Å². The molecule has 1 unspecified atom stereocenters. The highest BCUT2D eigenvalue weighted by molar-refractivity contribution is 14.0. The first kappa shape index (κ1) is 26.6. The minimum Gasteiger partial charge on any atom is -0.378 e. The molecule has 0 aliphatic carbocycles. The van der Waals surface area contributed by atoms with Crippen LogP contribution in [0.1, 0.15) is 46.1 Å². The van der Waals surface area contributed by atoms with Crippen molar-refractivity contribution in [3.63, 3.8) is 0 Å². The second-order valence-corrected chi connectivity index (χ2v) is 6.73. The quantitative estimate of drug-likeness (QED) is 0.244. The van der Waals surface area contributed by atoms with E-state index < -0.39 is 0 Å². The molecular weight excluding hydrogens is 469 g/mol. The zero-order chi connectivity index (χ0) is 20.1. The fourth-order valence-corrected chi connectivity index (χ4v) is 2.51. The Labute approximate surface area is 186 Å². The Morgan fingerprint density at radius 3 is 2.57 bits per heavy atom. The molecule has 0 aromatic carbocycles. The Morgan fingerprint density at radius 1 is 1.25 bits per heavy atom. The standard InChI is InChI=1S/C20H35N5O2.HI/c1-6-21-20(22-12-10-17(15(3)4)27-7-2)23-13-11-19(26)25-18-9-8-16(5)14-24-18;/h8-9,14-15,17H,6-7,10-13H2,1-5H3,(H2,21,22,23)(H,24,25,26);1H. The van der Waals surface area contributed by atoms with Gasteiger partial charge in [0.05, 0.1) is 6.10 Å². The summed E-state index contributed by atoms with van der Waals surface area (Å²) in [6, 6.07) is 3.72. The Bertz CT molecular complexity index is 578. The number of anilines is 1. The molecule has 1 aromatic heterocycles. The molecule has 8 heteroatoms. The summed E-state index contributed by atoms with van der Waals surface area (Å²) in [5.41, 5.74) is 1.06. The first-order valence-electron chi connectivity index (χ1n) is 9.82. The number of ether oxygens (including phenoxy) is 1. The van der Waals surface area contributed by atoms with Gasteiger partial charge in [0, 0.05) is 38.9 Å². The predicted octanol–water partition coefficient (Wildman–Crippen LogP) is 3.34. The zero-order valence-corrected chi connectivity index (χ0v) is 20.1. The van der Waals surface area contributed by atoms with Crippen LogP contribution in [-0.4, -0.2) is 49.2 Å². The Balaban J connectivity index is 0.00000729. The van der Waals surface area contributed by atoms with Crippen LogP contribution in [0.25, 0.3) is 0 Å². The third-order valence-corrected chi connectivity index (χ3v) is 3.98. The highest BCUT2D eigenvalue weighted by Gasteiger charge is 2.12. The van der Waals surface area contributed by atoms with E-state index in [2.05, 4.69) is 39.8 Å². The second-order valence-electron chi connectivity index (χ2n) is 6.73. The molecule has 0 fully saturated rings. The van der Waals surface area contributed by atoms with E-state index in [-0.39, 0.29) is 36.0 Å². The maximum atomic E-state index is 12.0. The van der Waals surface area contributed by atoms with Crippen molar-refractivity contribution < 1.29 is 9.53 Å². The lowest BCUT2D eigenvalue weighted by Crippen LogP contribution is -2.39. The molecule has 0 spiro atoms. The van der Waals surface area contributed by atoms with Crippen molar-refractivity contribution in [3.05, 3.63) is 23.9 Å². The number of guanidine groups is 1. The van der Waals surface area contributed by atoms with Gasteiger partial charge in [0.15, 0.2) is 5.96 Å². The molecule has 0 aliphatic rings. The fraction of sp³-hybridized carbons (Fsp3) is 0.650. The minimum atomic E-state index is -0.0779. The number of nitrogens with one attached hydrogen (secondary N) is 3. The summed E-state index contributed by atoms with van der Waals surface area (Å²) < 4.78 is 5.75. The number of halogens is 1. The molecule has 0 radical (unpaired) electrons. The van der Waals surface area contributed by atoms with Crippen LogP contribution < -0.4 is 16.0 Å². The predicted molar refractivity (Wildman–Crippen MR) is 126 cm³/mol. The Kier molecular flexibility index (Phi) is 14.7. The van der Waals surface area contributed by atoms with E-state index in [4.69, 9.17) is 4.74 Å². The van der Waals surface area contributed by atoms with Crippen molar-refractivity contribution in [2.45, 2.75) is 53.6 Å². The molecule has 0 saturated heterocycles. The summed E-state index contributed by atoms with van der Waals surface area (Å²) in [4.78, 5) is 20.8. The van der Waals surface area contributed by atoms with Gasteiger partial charge in [-0.15, -0.1) is 24.0 Å². The lowest BCUT2D eigenvalue weighted by molar-refractivity contribution is -0.116. The maximum absolute atomic E-state index is 12.0. The molecule has 160 valence electrons. The van der Waals surface area contributed by atoms with Crippen LogP contribution in [0.15, 0.2) is 23.3 Å². The van der Waals surface area contributed by atoms with E-state index in [9.17, 15) is 4.79 Å². The minimum absolute atomic E-state index is 0. The van der Waals surface area contributed by atoms with Gasteiger partial charge in [0.1, 0.15) is 5.82 Å². The molecule has 7 nitrogen and oxygen atoms in total. The summed E-state index contributed by atoms with van der Waals surface area (Å²) in [6.07, 6.45) is 3.17. The molecule has 1 heterocycles. The van der Waals surface area contributed by atoms with Crippen molar-refractivity contribution in [1.82, 2.24) is 15.6 Å². The number of carbonyl (C=O) groups excluding carboxylic acids is 1. The van der Waals surface area contributed by atoms with Crippen LogP contribution in [0.3, 0.4) is 0 Å². The fourth-order valence-electron chi connectivity index (χ4n) is 2.51. The molecule has 1 aromatic rings. The number of aromatic nitrogens is 1. The molecule has 1 atom stereocenters. The number of amides is 1. The Morgan fingerprint density at radius 2 is 2.00 bits per heavy atom. The number of rotatable bonds is 11. The van der Waals surface area contributed by atoms with Crippen molar-refractivity contribution in [3.8, 4) is 0 Å². The van der Waals surface area contributed by atoms with Gasteiger partial charge in [0.25, 0.3) is 0 Å². The van der Waals surface area contributed by atoms with Gasteiger partial charge >= 0.3 is 0 Å². The summed E-state index contributed by atoms with van der Waals surface area (Å²) in [7, 11) is 0. The Hall–Kier alpha value is -1.42. The van der Waals surface area contributed by atoms with Crippen molar-refractivity contribution >= 4 is 41.7 Å². The average Bonchev–Trinajstić information content (AvgIpc) is 2.62. The van der Waals surface area contributed by atoms with Gasteiger partial charge in [-0.25, -0.2) is 4.98 Å². The van der Waals surface area contributed by atoms with E-state index in [1.54, 1.807) is 12.3 Å². The summed E-state index contributed by atoms with van der Waals surface area (Å²) >= 11 is 0. The van der Waals surface area contributed by atoms with E-state index in [1.807, 2.05) is 26.8 Å². The monoisotopic (exact) mass is 505 g/mol. The van der Waals surface area contributed by atoms with Gasteiger partial charge in [0.2, 0.25) is 5.91 Å². The van der Waals surface area contributed by atoms with Gasteiger partial charge in [-0.3, -0.25) is 9.79 Å². The normalized spacial score (nSPS) is 12.3. The van der Waals surface area contributed by atoms with E-state index in [0.29, 0.717) is 31.2 Å². The van der Waals surface area contributed by atoms with E-state index in [0.717, 1.165) is 31.1 Å². The third kappa shape index (κ3) is 11.4. The van der Waals surface area contributed by atoms with Gasteiger partial charge in [-0.05, 0) is 44.7 Å². The maximum Gasteiger partial charge on any atom is 0.227 e. The molecular formula is C20H36IN5O2. The number of aliphatic imine (C=N–C) groups is 1. The number of hydrogen-bond donors (Lipinski definition) is 3. The SMILES string of the molecule is CCNC(=NCCC(OCC)C(C)C)NCCC(=O)Nc1ccc(C)cn1.I. The highest BCUT2D eigenvalue weighted by Crippen LogP contribution is 2.10.